The van der Waals surface area contributed by atoms with E-state index in [9.17, 15) is 4.79 Å². The van der Waals surface area contributed by atoms with E-state index in [0.29, 0.717) is 28.4 Å². The number of methoxy groups -OCH3 is 1. The third-order valence-corrected chi connectivity index (χ3v) is 2.78. The van der Waals surface area contributed by atoms with E-state index in [1.54, 1.807) is 12.3 Å². The maximum atomic E-state index is 11.5. The molecule has 100 valence electrons. The number of ether oxygens (including phenoxy) is 1. The molecule has 7 nitrogen and oxygen atoms in total. The molecule has 3 aromatic rings. The first kappa shape index (κ1) is 12.1. The fraction of sp³-hybridized carbons (Fsp3) is 0.0769. The average molecular weight is 269 g/mol. The number of hydrogen-bond acceptors (Lipinski definition) is 6. The van der Waals surface area contributed by atoms with Crippen LogP contribution in [0.3, 0.4) is 0 Å². The minimum Gasteiger partial charge on any atom is -0.465 e. The van der Waals surface area contributed by atoms with E-state index >= 15 is 0 Å². The van der Waals surface area contributed by atoms with E-state index in [0.717, 1.165) is 0 Å². The average Bonchev–Trinajstić information content (AvgIpc) is 2.92. The summed E-state index contributed by atoms with van der Waals surface area (Å²) in [6.07, 6.45) is 3.18. The van der Waals surface area contributed by atoms with Gasteiger partial charge in [0.05, 0.1) is 18.4 Å². The Hall–Kier alpha value is -2.96. The van der Waals surface area contributed by atoms with Crippen molar-refractivity contribution in [2.24, 2.45) is 0 Å². The normalized spacial score (nSPS) is 10.7. The minimum atomic E-state index is -0.478. The molecule has 0 atom stereocenters. The number of rotatable bonds is 2. The predicted molar refractivity (Wildman–Crippen MR) is 72.0 cm³/mol. The number of pyridine rings is 2. The third-order valence-electron chi connectivity index (χ3n) is 2.78. The van der Waals surface area contributed by atoms with Gasteiger partial charge in [0.15, 0.2) is 5.65 Å². The van der Waals surface area contributed by atoms with Crippen LogP contribution in [0.4, 0.5) is 5.69 Å². The summed E-state index contributed by atoms with van der Waals surface area (Å²) in [6.45, 7) is 0. The Morgan fingerprint density at radius 2 is 2.25 bits per heavy atom. The van der Waals surface area contributed by atoms with Gasteiger partial charge in [0.25, 0.3) is 0 Å². The maximum Gasteiger partial charge on any atom is 0.339 e. The Morgan fingerprint density at radius 3 is 2.95 bits per heavy atom. The van der Waals surface area contributed by atoms with E-state index in [-0.39, 0.29) is 0 Å². The Balaban J connectivity index is 2.16. The molecular formula is C13H11N5O2. The zero-order valence-corrected chi connectivity index (χ0v) is 10.6. The number of anilines is 1. The van der Waals surface area contributed by atoms with Crippen molar-refractivity contribution < 1.29 is 9.53 Å². The quantitative estimate of drug-likeness (QED) is 0.701. The van der Waals surface area contributed by atoms with Crippen molar-refractivity contribution in [1.82, 2.24) is 19.6 Å². The number of hydrogen-bond donors (Lipinski definition) is 1. The molecular weight excluding hydrogens is 258 g/mol. The van der Waals surface area contributed by atoms with E-state index in [1.807, 2.05) is 12.1 Å². The number of nitrogens with zero attached hydrogens (tertiary/aromatic N) is 4. The van der Waals surface area contributed by atoms with Crippen LogP contribution in [0.25, 0.3) is 17.2 Å². The van der Waals surface area contributed by atoms with Gasteiger partial charge in [0.1, 0.15) is 5.69 Å². The first-order valence-electron chi connectivity index (χ1n) is 5.84. The van der Waals surface area contributed by atoms with Crippen molar-refractivity contribution in [3.63, 3.8) is 0 Å². The van der Waals surface area contributed by atoms with E-state index in [1.165, 1.54) is 23.9 Å². The van der Waals surface area contributed by atoms with Gasteiger partial charge in [-0.1, -0.05) is 6.07 Å². The Morgan fingerprint density at radius 1 is 1.40 bits per heavy atom. The number of aromatic nitrogens is 4. The highest BCUT2D eigenvalue weighted by Crippen LogP contribution is 2.19. The van der Waals surface area contributed by atoms with Gasteiger partial charge in [-0.3, -0.25) is 4.98 Å². The lowest BCUT2D eigenvalue weighted by atomic mass is 10.2. The number of carbonyl (C=O) groups is 1. The molecule has 0 aliphatic carbocycles. The number of nitrogen functional groups attached to an aromatic ring is 1. The monoisotopic (exact) mass is 269 g/mol. The molecule has 7 heteroatoms. The van der Waals surface area contributed by atoms with Crippen molar-refractivity contribution in [2.75, 3.05) is 12.8 Å². The predicted octanol–water partition coefficient (Wildman–Crippen LogP) is 1.16. The molecule has 0 radical (unpaired) electrons. The maximum absolute atomic E-state index is 11.5. The molecule has 0 saturated carbocycles. The van der Waals surface area contributed by atoms with Gasteiger partial charge in [-0.15, -0.1) is 5.10 Å². The van der Waals surface area contributed by atoms with E-state index in [4.69, 9.17) is 5.73 Å². The molecule has 0 aliphatic rings. The van der Waals surface area contributed by atoms with Crippen LogP contribution in [0.5, 0.6) is 0 Å². The summed E-state index contributed by atoms with van der Waals surface area (Å²) < 4.78 is 6.11. The van der Waals surface area contributed by atoms with Crippen LogP contribution in [-0.4, -0.2) is 32.7 Å². The number of fused-ring (bicyclic) bond motifs is 1. The summed E-state index contributed by atoms with van der Waals surface area (Å²) in [5.41, 5.74) is 7.66. The molecule has 0 aliphatic heterocycles. The van der Waals surface area contributed by atoms with Crippen LogP contribution in [0.2, 0.25) is 0 Å². The molecule has 3 aromatic heterocycles. The number of esters is 1. The largest absolute Gasteiger partial charge is 0.465 e. The van der Waals surface area contributed by atoms with Crippen molar-refractivity contribution in [1.29, 1.82) is 0 Å². The SMILES string of the molecule is COC(=O)c1cc(N)c2nc(-c3ccccn3)nn2c1. The third kappa shape index (κ3) is 1.95. The fourth-order valence-corrected chi connectivity index (χ4v) is 1.84. The number of carbonyl (C=O) groups excluding carboxylic acids is 1. The number of nitrogens with two attached hydrogens (primary N) is 1. The molecule has 0 bridgehead atoms. The van der Waals surface area contributed by atoms with E-state index in [2.05, 4.69) is 19.8 Å². The van der Waals surface area contributed by atoms with Gasteiger partial charge in [-0.05, 0) is 18.2 Å². The van der Waals surface area contributed by atoms with Crippen LogP contribution in [-0.2, 0) is 4.74 Å². The lowest BCUT2D eigenvalue weighted by molar-refractivity contribution is 0.0600. The van der Waals surface area contributed by atoms with Crippen molar-refractivity contribution in [3.05, 3.63) is 42.2 Å². The van der Waals surface area contributed by atoms with Crippen molar-refractivity contribution in [2.45, 2.75) is 0 Å². The topological polar surface area (TPSA) is 95.4 Å². The summed E-state index contributed by atoms with van der Waals surface area (Å²) in [7, 11) is 1.31. The second-order valence-corrected chi connectivity index (χ2v) is 4.09. The first-order valence-corrected chi connectivity index (χ1v) is 5.84. The van der Waals surface area contributed by atoms with Gasteiger partial charge in [0.2, 0.25) is 5.82 Å². The zero-order chi connectivity index (χ0) is 14.1. The highest BCUT2D eigenvalue weighted by atomic mass is 16.5. The lowest BCUT2D eigenvalue weighted by Gasteiger charge is -2.01. The van der Waals surface area contributed by atoms with Crippen LogP contribution < -0.4 is 5.73 Å². The van der Waals surface area contributed by atoms with Crippen LogP contribution >= 0.6 is 0 Å². The highest BCUT2D eigenvalue weighted by Gasteiger charge is 2.14. The second kappa shape index (κ2) is 4.61. The molecule has 2 N–H and O–H groups in total. The van der Waals surface area contributed by atoms with Gasteiger partial charge in [0, 0.05) is 12.4 Å². The van der Waals surface area contributed by atoms with Crippen LogP contribution in [0.15, 0.2) is 36.7 Å². The standard InChI is InChI=1S/C13H11N5O2/c1-20-13(19)8-6-9(14)12-16-11(17-18(12)7-8)10-4-2-3-5-15-10/h2-7H,14H2,1H3. The van der Waals surface area contributed by atoms with Crippen molar-refractivity contribution >= 4 is 17.3 Å². The zero-order valence-electron chi connectivity index (χ0n) is 10.6. The van der Waals surface area contributed by atoms with Crippen LogP contribution in [0, 0.1) is 0 Å². The smallest absolute Gasteiger partial charge is 0.339 e. The van der Waals surface area contributed by atoms with E-state index < -0.39 is 5.97 Å². The molecule has 0 aromatic carbocycles. The summed E-state index contributed by atoms with van der Waals surface area (Å²) in [4.78, 5) is 20.0. The lowest BCUT2D eigenvalue weighted by Crippen LogP contribution is -2.05. The Bertz CT molecular complexity index is 782. The summed E-state index contributed by atoms with van der Waals surface area (Å²) in [5.74, 6) is -0.0344. The second-order valence-electron chi connectivity index (χ2n) is 4.09. The summed E-state index contributed by atoms with van der Waals surface area (Å²) in [5, 5.41) is 4.28. The van der Waals surface area contributed by atoms with Crippen LogP contribution in [0.1, 0.15) is 10.4 Å². The molecule has 3 rings (SSSR count). The summed E-state index contributed by atoms with van der Waals surface area (Å²) >= 11 is 0. The molecule has 20 heavy (non-hydrogen) atoms. The molecule has 0 spiro atoms. The summed E-state index contributed by atoms with van der Waals surface area (Å²) in [6, 6.07) is 6.96. The molecule has 0 unspecified atom stereocenters. The van der Waals surface area contributed by atoms with Gasteiger partial charge >= 0.3 is 5.97 Å². The molecule has 0 amide bonds. The van der Waals surface area contributed by atoms with Gasteiger partial charge in [-0.2, -0.15) is 0 Å². The first-order chi connectivity index (χ1) is 9.69. The molecule has 0 saturated heterocycles. The minimum absolute atomic E-state index is 0.315. The Kier molecular flexibility index (Phi) is 2.79. The Labute approximate surface area is 114 Å². The highest BCUT2D eigenvalue weighted by molar-refractivity contribution is 5.91. The molecule has 3 heterocycles. The van der Waals surface area contributed by atoms with Gasteiger partial charge < -0.3 is 10.5 Å². The fourth-order valence-electron chi connectivity index (χ4n) is 1.84. The van der Waals surface area contributed by atoms with Gasteiger partial charge in [-0.25, -0.2) is 14.3 Å². The van der Waals surface area contributed by atoms with Crippen molar-refractivity contribution in [3.8, 4) is 11.5 Å². The molecule has 0 fully saturated rings.